The van der Waals surface area contributed by atoms with Crippen molar-refractivity contribution in [3.63, 3.8) is 0 Å². The lowest BCUT2D eigenvalue weighted by atomic mass is 9.61. The first kappa shape index (κ1) is 20.4. The number of aromatic nitrogens is 3. The summed E-state index contributed by atoms with van der Waals surface area (Å²) in [6.07, 6.45) is 4.92. The third-order valence-electron chi connectivity index (χ3n) is 6.88. The van der Waals surface area contributed by atoms with Gasteiger partial charge in [-0.15, -0.1) is 0 Å². The number of nitrogens with one attached hydrogen (secondary N) is 2. The van der Waals surface area contributed by atoms with Crippen LogP contribution in [0.1, 0.15) is 31.2 Å². The van der Waals surface area contributed by atoms with Gasteiger partial charge in [0.25, 0.3) is 0 Å². The Morgan fingerprint density at radius 2 is 1.97 bits per heavy atom. The van der Waals surface area contributed by atoms with E-state index in [9.17, 15) is 14.4 Å². The number of carbonyl (C=O) groups excluding carboxylic acids is 1. The van der Waals surface area contributed by atoms with Crippen LogP contribution in [0.5, 0.6) is 0 Å². The molecule has 6 rings (SSSR count). The van der Waals surface area contributed by atoms with Gasteiger partial charge in [-0.25, -0.2) is 13.8 Å². The molecule has 1 aromatic carbocycles. The van der Waals surface area contributed by atoms with Gasteiger partial charge in [0, 0.05) is 17.0 Å². The van der Waals surface area contributed by atoms with Crippen molar-refractivity contribution in [2.24, 2.45) is 17.8 Å². The minimum Gasteiger partial charge on any atom is -0.469 e. The van der Waals surface area contributed by atoms with Crippen molar-refractivity contribution in [3.8, 4) is 17.3 Å². The molecule has 7 nitrogen and oxygen atoms in total. The molecule has 0 radical (unpaired) electrons. The SMILES string of the molecule is COC(=O)[C@H]1C2CCC(CC2)[C@@H]1Nc1cc(-c2n[nH]c3ncc(F)cc23)c(C#N)cc1F. The molecule has 0 spiro atoms. The lowest BCUT2D eigenvalue weighted by Crippen LogP contribution is -2.51. The first-order valence-electron chi connectivity index (χ1n) is 10.6. The molecular formula is C23H21F2N5O2. The van der Waals surface area contributed by atoms with Gasteiger partial charge in [0.2, 0.25) is 0 Å². The zero-order valence-corrected chi connectivity index (χ0v) is 17.4. The number of carbonyl (C=O) groups is 1. The molecule has 3 aromatic rings. The quantitative estimate of drug-likeness (QED) is 0.594. The number of esters is 1. The number of hydrogen-bond donors (Lipinski definition) is 2. The van der Waals surface area contributed by atoms with Crippen molar-refractivity contribution in [3.05, 3.63) is 41.6 Å². The number of benzene rings is 1. The molecule has 3 saturated carbocycles. The standard InChI is InChI=1S/C23H21F2N5O2/c1-32-23(31)19-11-2-4-12(5-3-11)20(19)28-18-8-15(13(9-26)6-17(18)25)21-16-7-14(24)10-27-22(16)30-29-21/h6-8,10-12,19-20,28H,2-5H2,1H3,(H,27,29,30)/t11?,12?,19-,20-/m0/s1. The normalized spacial score (nSPS) is 24.3. The lowest BCUT2D eigenvalue weighted by Gasteiger charge is -2.47. The number of fused-ring (bicyclic) bond motifs is 4. The zero-order chi connectivity index (χ0) is 22.4. The van der Waals surface area contributed by atoms with Gasteiger partial charge in [-0.1, -0.05) is 0 Å². The average Bonchev–Trinajstić information content (AvgIpc) is 3.23. The number of nitrogens with zero attached hydrogens (tertiary/aromatic N) is 3. The number of rotatable bonds is 4. The van der Waals surface area contributed by atoms with Crippen LogP contribution in [-0.2, 0) is 9.53 Å². The molecule has 32 heavy (non-hydrogen) atoms. The number of ether oxygens (including phenoxy) is 1. The van der Waals surface area contributed by atoms with E-state index in [0.717, 1.165) is 37.9 Å². The fourth-order valence-corrected chi connectivity index (χ4v) is 5.37. The fourth-order valence-electron chi connectivity index (χ4n) is 5.37. The highest BCUT2D eigenvalue weighted by Crippen LogP contribution is 2.47. The lowest BCUT2D eigenvalue weighted by molar-refractivity contribution is -0.152. The van der Waals surface area contributed by atoms with E-state index in [1.54, 1.807) is 0 Å². The number of aromatic amines is 1. The molecule has 2 N–H and O–H groups in total. The smallest absolute Gasteiger partial charge is 0.311 e. The third-order valence-corrected chi connectivity index (χ3v) is 6.88. The van der Waals surface area contributed by atoms with Crippen LogP contribution in [0.25, 0.3) is 22.3 Å². The minimum absolute atomic E-state index is 0.0698. The van der Waals surface area contributed by atoms with Gasteiger partial charge in [0.05, 0.1) is 36.5 Å². The van der Waals surface area contributed by atoms with Gasteiger partial charge in [0.1, 0.15) is 17.3 Å². The maximum absolute atomic E-state index is 15.0. The molecule has 2 atom stereocenters. The molecule has 0 aliphatic heterocycles. The van der Waals surface area contributed by atoms with Crippen LogP contribution in [0.3, 0.4) is 0 Å². The predicted octanol–water partition coefficient (Wildman–Crippen LogP) is 4.16. The average molecular weight is 437 g/mol. The molecule has 2 bridgehead atoms. The number of anilines is 1. The van der Waals surface area contributed by atoms with Crippen molar-refractivity contribution in [1.82, 2.24) is 15.2 Å². The second-order valence-corrected chi connectivity index (χ2v) is 8.51. The van der Waals surface area contributed by atoms with E-state index >= 15 is 4.39 Å². The highest BCUT2D eigenvalue weighted by Gasteiger charge is 2.48. The number of pyridine rings is 1. The van der Waals surface area contributed by atoms with E-state index in [2.05, 4.69) is 20.5 Å². The third kappa shape index (κ3) is 3.27. The molecule has 0 unspecified atom stereocenters. The summed E-state index contributed by atoms with van der Waals surface area (Å²) in [6, 6.07) is 5.64. The van der Waals surface area contributed by atoms with Crippen LogP contribution in [0.15, 0.2) is 24.4 Å². The number of methoxy groups -OCH3 is 1. The Kier molecular flexibility index (Phi) is 5.00. The summed E-state index contributed by atoms with van der Waals surface area (Å²) in [4.78, 5) is 16.5. The van der Waals surface area contributed by atoms with Gasteiger partial charge in [-0.05, 0) is 55.7 Å². The van der Waals surface area contributed by atoms with E-state index < -0.39 is 11.6 Å². The van der Waals surface area contributed by atoms with E-state index in [0.29, 0.717) is 22.3 Å². The van der Waals surface area contributed by atoms with Crippen LogP contribution < -0.4 is 5.32 Å². The molecular weight excluding hydrogens is 416 g/mol. The minimum atomic E-state index is -0.598. The van der Waals surface area contributed by atoms with Crippen molar-refractivity contribution >= 4 is 22.7 Å². The van der Waals surface area contributed by atoms with E-state index in [1.807, 2.05) is 6.07 Å². The summed E-state index contributed by atoms with van der Waals surface area (Å²) >= 11 is 0. The van der Waals surface area contributed by atoms with Crippen LogP contribution >= 0.6 is 0 Å². The van der Waals surface area contributed by atoms with Crippen LogP contribution in [0.4, 0.5) is 14.5 Å². The summed E-state index contributed by atoms with van der Waals surface area (Å²) in [6.45, 7) is 0. The highest BCUT2D eigenvalue weighted by molar-refractivity contribution is 5.93. The molecule has 2 heterocycles. The maximum Gasteiger partial charge on any atom is 0.311 e. The topological polar surface area (TPSA) is 104 Å². The van der Waals surface area contributed by atoms with Crippen LogP contribution in [0, 0.1) is 40.7 Å². The molecule has 3 aliphatic carbocycles. The summed E-state index contributed by atoms with van der Waals surface area (Å²) in [5.41, 5.74) is 1.26. The van der Waals surface area contributed by atoms with Crippen molar-refractivity contribution < 1.29 is 18.3 Å². The predicted molar refractivity (Wildman–Crippen MR) is 112 cm³/mol. The summed E-state index contributed by atoms with van der Waals surface area (Å²) < 4.78 is 33.9. The Balaban J connectivity index is 1.57. The van der Waals surface area contributed by atoms with Gasteiger partial charge in [0.15, 0.2) is 5.65 Å². The molecule has 9 heteroatoms. The fraction of sp³-hybridized carbons (Fsp3) is 0.391. The Bertz CT molecular complexity index is 1240. The van der Waals surface area contributed by atoms with Crippen LogP contribution in [0.2, 0.25) is 0 Å². The molecule has 0 saturated heterocycles. The Labute approximate surface area is 182 Å². The number of H-pyrrole nitrogens is 1. The second-order valence-electron chi connectivity index (χ2n) is 8.51. The van der Waals surface area contributed by atoms with Gasteiger partial charge in [-0.2, -0.15) is 10.4 Å². The highest BCUT2D eigenvalue weighted by atomic mass is 19.1. The van der Waals surface area contributed by atoms with Gasteiger partial charge >= 0.3 is 5.97 Å². The van der Waals surface area contributed by atoms with Crippen molar-refractivity contribution in [2.45, 2.75) is 31.7 Å². The Morgan fingerprint density at radius 1 is 1.22 bits per heavy atom. The molecule has 2 aromatic heterocycles. The van der Waals surface area contributed by atoms with E-state index in [4.69, 9.17) is 4.74 Å². The molecule has 0 amide bonds. The van der Waals surface area contributed by atoms with Crippen LogP contribution in [-0.4, -0.2) is 34.3 Å². The zero-order valence-electron chi connectivity index (χ0n) is 17.4. The maximum atomic E-state index is 15.0. The monoisotopic (exact) mass is 437 g/mol. The van der Waals surface area contributed by atoms with E-state index in [1.165, 1.54) is 19.2 Å². The van der Waals surface area contributed by atoms with Crippen molar-refractivity contribution in [2.75, 3.05) is 12.4 Å². The molecule has 3 aliphatic rings. The number of nitriles is 1. The molecule has 164 valence electrons. The van der Waals surface area contributed by atoms with Gasteiger partial charge in [-0.3, -0.25) is 9.89 Å². The summed E-state index contributed by atoms with van der Waals surface area (Å²) in [5, 5.41) is 20.1. The van der Waals surface area contributed by atoms with Gasteiger partial charge < -0.3 is 10.1 Å². The second kappa shape index (κ2) is 7.86. The largest absolute Gasteiger partial charge is 0.469 e. The summed E-state index contributed by atoms with van der Waals surface area (Å²) in [5.74, 6) is -1.35. The number of hydrogen-bond acceptors (Lipinski definition) is 6. The number of halogens is 2. The molecule has 3 fully saturated rings. The Hall–Kier alpha value is -3.54. The summed E-state index contributed by atoms with van der Waals surface area (Å²) in [7, 11) is 1.37. The first-order chi connectivity index (χ1) is 15.5. The van der Waals surface area contributed by atoms with E-state index in [-0.39, 0.29) is 41.0 Å². The first-order valence-corrected chi connectivity index (χ1v) is 10.6. The van der Waals surface area contributed by atoms with Crippen molar-refractivity contribution in [1.29, 1.82) is 5.26 Å². The Morgan fingerprint density at radius 3 is 2.69 bits per heavy atom.